The maximum atomic E-state index is 12.3. The van der Waals surface area contributed by atoms with Crippen LogP contribution in [0, 0.1) is 5.41 Å². The van der Waals surface area contributed by atoms with Crippen LogP contribution in [-0.4, -0.2) is 25.4 Å². The number of hydrogen-bond donors (Lipinski definition) is 2. The number of hydrogen-bond acceptors (Lipinski definition) is 4. The Balaban J connectivity index is 2.05. The molecular weight excluding hydrogens is 318 g/mol. The Morgan fingerprint density at radius 3 is 2.48 bits per heavy atom. The molecule has 25 heavy (non-hydrogen) atoms. The fraction of sp³-hybridized carbons (Fsp3) is 0.316. The number of aromatic nitrogens is 3. The molecule has 0 radical (unpaired) electrons. The quantitative estimate of drug-likeness (QED) is 0.764. The molecule has 0 unspecified atom stereocenters. The molecule has 0 bridgehead atoms. The molecule has 2 aromatic heterocycles. The minimum absolute atomic E-state index is 0.0101. The van der Waals surface area contributed by atoms with Crippen LogP contribution in [0.4, 0.5) is 0 Å². The van der Waals surface area contributed by atoms with Gasteiger partial charge in [0.2, 0.25) is 0 Å². The summed E-state index contributed by atoms with van der Waals surface area (Å²) in [4.78, 5) is 31.6. The van der Waals surface area contributed by atoms with Crippen LogP contribution in [0.25, 0.3) is 22.3 Å². The van der Waals surface area contributed by atoms with Gasteiger partial charge in [0.25, 0.3) is 0 Å². The Labute approximate surface area is 145 Å². The van der Waals surface area contributed by atoms with E-state index in [0.717, 1.165) is 16.7 Å². The standard InChI is InChI=1S/C19H21N3O3/c1-19(2,3)16(24)10-22-15-8-14(9-20-17(15)21-18(22)25)13-6-4-12(11-23)5-7-13/h4-9,23H,10-11H2,1-3H3,(H,20,21,25). The van der Waals surface area contributed by atoms with Crippen molar-refractivity contribution in [3.05, 3.63) is 52.6 Å². The topological polar surface area (TPSA) is 88.0 Å². The summed E-state index contributed by atoms with van der Waals surface area (Å²) in [6.07, 6.45) is 1.68. The van der Waals surface area contributed by atoms with Crippen LogP contribution in [0.1, 0.15) is 26.3 Å². The molecule has 1 aromatic carbocycles. The first-order valence-electron chi connectivity index (χ1n) is 8.11. The van der Waals surface area contributed by atoms with E-state index in [1.165, 1.54) is 4.57 Å². The summed E-state index contributed by atoms with van der Waals surface area (Å²) in [5.74, 6) is -0.0202. The molecule has 2 heterocycles. The van der Waals surface area contributed by atoms with Crippen LogP contribution >= 0.6 is 0 Å². The van der Waals surface area contributed by atoms with Crippen molar-refractivity contribution >= 4 is 16.9 Å². The average molecular weight is 339 g/mol. The van der Waals surface area contributed by atoms with Crippen molar-refractivity contribution in [1.29, 1.82) is 0 Å². The van der Waals surface area contributed by atoms with Crippen LogP contribution in [0.3, 0.4) is 0 Å². The molecule has 0 aliphatic heterocycles. The number of Topliss-reactive ketones (excluding diaryl/α,β-unsaturated/α-hetero) is 1. The molecule has 0 aliphatic rings. The van der Waals surface area contributed by atoms with Crippen LogP contribution < -0.4 is 5.69 Å². The van der Waals surface area contributed by atoms with Gasteiger partial charge in [-0.25, -0.2) is 9.78 Å². The molecule has 6 nitrogen and oxygen atoms in total. The molecule has 0 aliphatic carbocycles. The number of nitrogens with one attached hydrogen (secondary N) is 1. The normalized spacial score (nSPS) is 11.8. The monoisotopic (exact) mass is 339 g/mol. The summed E-state index contributed by atoms with van der Waals surface area (Å²) in [7, 11) is 0. The van der Waals surface area contributed by atoms with Gasteiger partial charge >= 0.3 is 5.69 Å². The second-order valence-corrected chi connectivity index (χ2v) is 7.14. The molecule has 0 spiro atoms. The van der Waals surface area contributed by atoms with E-state index in [-0.39, 0.29) is 24.6 Å². The fourth-order valence-electron chi connectivity index (χ4n) is 2.53. The van der Waals surface area contributed by atoms with Gasteiger partial charge < -0.3 is 5.11 Å². The van der Waals surface area contributed by atoms with Gasteiger partial charge in [0.15, 0.2) is 11.4 Å². The van der Waals surface area contributed by atoms with Gasteiger partial charge in [0.1, 0.15) is 0 Å². The highest BCUT2D eigenvalue weighted by atomic mass is 16.3. The average Bonchev–Trinajstić information content (AvgIpc) is 2.89. The highest BCUT2D eigenvalue weighted by Gasteiger charge is 2.23. The number of aliphatic hydroxyl groups excluding tert-OH is 1. The van der Waals surface area contributed by atoms with Crippen molar-refractivity contribution < 1.29 is 9.90 Å². The van der Waals surface area contributed by atoms with Crippen molar-refractivity contribution in [1.82, 2.24) is 14.5 Å². The number of benzene rings is 1. The van der Waals surface area contributed by atoms with Crippen molar-refractivity contribution in [3.8, 4) is 11.1 Å². The fourth-order valence-corrected chi connectivity index (χ4v) is 2.53. The van der Waals surface area contributed by atoms with Crippen LogP contribution in [0.2, 0.25) is 0 Å². The second kappa shape index (κ2) is 6.29. The van der Waals surface area contributed by atoms with E-state index in [0.29, 0.717) is 11.2 Å². The van der Waals surface area contributed by atoms with Gasteiger partial charge in [-0.05, 0) is 17.2 Å². The molecule has 0 saturated carbocycles. The maximum Gasteiger partial charge on any atom is 0.328 e. The minimum Gasteiger partial charge on any atom is -0.392 e. The van der Waals surface area contributed by atoms with Gasteiger partial charge in [0, 0.05) is 17.2 Å². The third-order valence-electron chi connectivity index (χ3n) is 4.24. The summed E-state index contributed by atoms with van der Waals surface area (Å²) in [6, 6.07) is 9.32. The van der Waals surface area contributed by atoms with Gasteiger partial charge in [-0.2, -0.15) is 0 Å². The van der Waals surface area contributed by atoms with E-state index in [2.05, 4.69) is 9.97 Å². The van der Waals surface area contributed by atoms with E-state index < -0.39 is 5.41 Å². The number of aliphatic hydroxyl groups is 1. The zero-order valence-corrected chi connectivity index (χ0v) is 14.5. The Hall–Kier alpha value is -2.73. The third-order valence-corrected chi connectivity index (χ3v) is 4.24. The Bertz CT molecular complexity index is 976. The summed E-state index contributed by atoms with van der Waals surface area (Å²) >= 11 is 0. The predicted octanol–water partition coefficient (Wildman–Crippen LogP) is 2.50. The number of aromatic amines is 1. The van der Waals surface area contributed by atoms with Gasteiger partial charge in [-0.1, -0.05) is 45.0 Å². The first-order valence-corrected chi connectivity index (χ1v) is 8.11. The molecular formula is C19H21N3O3. The second-order valence-electron chi connectivity index (χ2n) is 7.14. The highest BCUT2D eigenvalue weighted by molar-refractivity contribution is 5.85. The summed E-state index contributed by atoms with van der Waals surface area (Å²) < 4.78 is 1.43. The lowest BCUT2D eigenvalue weighted by Crippen LogP contribution is -2.29. The van der Waals surface area contributed by atoms with Crippen LogP contribution in [0.5, 0.6) is 0 Å². The Morgan fingerprint density at radius 2 is 1.88 bits per heavy atom. The number of carbonyl (C=O) groups is 1. The zero-order valence-electron chi connectivity index (χ0n) is 14.5. The number of fused-ring (bicyclic) bond motifs is 1. The lowest BCUT2D eigenvalue weighted by atomic mass is 9.91. The predicted molar refractivity (Wildman–Crippen MR) is 96.2 cm³/mol. The lowest BCUT2D eigenvalue weighted by molar-refractivity contribution is -0.126. The summed E-state index contributed by atoms with van der Waals surface area (Å²) in [5, 5.41) is 9.14. The number of pyridine rings is 1. The summed E-state index contributed by atoms with van der Waals surface area (Å²) in [5.41, 5.74) is 2.80. The van der Waals surface area contributed by atoms with E-state index >= 15 is 0 Å². The van der Waals surface area contributed by atoms with E-state index in [4.69, 9.17) is 5.11 Å². The molecule has 2 N–H and O–H groups in total. The maximum absolute atomic E-state index is 12.3. The molecule has 3 aromatic rings. The molecule has 3 rings (SSSR count). The first-order chi connectivity index (χ1) is 11.8. The van der Waals surface area contributed by atoms with Crippen molar-refractivity contribution in [2.24, 2.45) is 5.41 Å². The minimum atomic E-state index is -0.520. The van der Waals surface area contributed by atoms with E-state index in [1.54, 1.807) is 6.20 Å². The van der Waals surface area contributed by atoms with Crippen molar-refractivity contribution in [2.45, 2.75) is 33.9 Å². The largest absolute Gasteiger partial charge is 0.392 e. The van der Waals surface area contributed by atoms with Gasteiger partial charge in [0.05, 0.1) is 18.7 Å². The zero-order chi connectivity index (χ0) is 18.2. The smallest absolute Gasteiger partial charge is 0.328 e. The van der Waals surface area contributed by atoms with Crippen molar-refractivity contribution in [2.75, 3.05) is 0 Å². The molecule has 6 heteroatoms. The van der Waals surface area contributed by atoms with Gasteiger partial charge in [-0.15, -0.1) is 0 Å². The SMILES string of the molecule is CC(C)(C)C(=O)Cn1c(=O)[nH]c2ncc(-c3ccc(CO)cc3)cc21. The molecule has 130 valence electrons. The first kappa shape index (κ1) is 17.1. The number of ketones is 1. The van der Waals surface area contributed by atoms with E-state index in [9.17, 15) is 9.59 Å². The highest BCUT2D eigenvalue weighted by Crippen LogP contribution is 2.23. The number of carbonyl (C=O) groups excluding carboxylic acids is 1. The molecule has 0 fully saturated rings. The Kier molecular flexibility index (Phi) is 4.30. The van der Waals surface area contributed by atoms with Crippen molar-refractivity contribution in [3.63, 3.8) is 0 Å². The van der Waals surface area contributed by atoms with Gasteiger partial charge in [-0.3, -0.25) is 14.3 Å². The van der Waals surface area contributed by atoms with E-state index in [1.807, 2.05) is 51.1 Å². The molecule has 0 amide bonds. The number of nitrogens with zero attached hydrogens (tertiary/aromatic N) is 2. The number of H-pyrrole nitrogens is 1. The lowest BCUT2D eigenvalue weighted by Gasteiger charge is -2.16. The summed E-state index contributed by atoms with van der Waals surface area (Å²) in [6.45, 7) is 5.51. The Morgan fingerprint density at radius 1 is 1.20 bits per heavy atom. The molecule has 0 saturated heterocycles. The molecule has 0 atom stereocenters. The third kappa shape index (κ3) is 3.39. The van der Waals surface area contributed by atoms with Crippen LogP contribution in [-0.2, 0) is 17.9 Å². The number of imidazole rings is 1. The number of rotatable bonds is 4. The van der Waals surface area contributed by atoms with Crippen LogP contribution in [0.15, 0.2) is 41.3 Å².